The summed E-state index contributed by atoms with van der Waals surface area (Å²) in [4.78, 5) is 11.4. The number of methoxy groups -OCH3 is 2. The molecular weight excluding hydrogens is 168 g/mol. The monoisotopic (exact) mass is 182 g/mol. The number of carbonyl (C=O) groups excluding carboxylic acids is 1. The van der Waals surface area contributed by atoms with Crippen LogP contribution in [0.3, 0.4) is 0 Å². The Morgan fingerprint density at radius 3 is 2.46 bits per heavy atom. The standard InChI is InChI=1S/C10H14O3/c1-12-10(13-2)9-6-3-4-7(9)8(11)5-6/h3-4,6-7,9-10H,5H2,1-2H3/t6-,7-,9-/m0/s1. The molecule has 0 aliphatic heterocycles. The molecule has 0 aromatic carbocycles. The topological polar surface area (TPSA) is 35.5 Å². The Labute approximate surface area is 77.7 Å². The van der Waals surface area contributed by atoms with Crippen molar-refractivity contribution in [3.05, 3.63) is 12.2 Å². The van der Waals surface area contributed by atoms with Crippen molar-refractivity contribution < 1.29 is 14.3 Å². The van der Waals surface area contributed by atoms with Gasteiger partial charge >= 0.3 is 0 Å². The van der Waals surface area contributed by atoms with Crippen LogP contribution in [0.5, 0.6) is 0 Å². The summed E-state index contributed by atoms with van der Waals surface area (Å²) in [5.41, 5.74) is 0. The SMILES string of the molecule is COC(OC)[C@H]1[C@H]2C=C[C@H]1C(=O)C2. The molecule has 0 amide bonds. The van der Waals surface area contributed by atoms with E-state index in [9.17, 15) is 4.79 Å². The van der Waals surface area contributed by atoms with Gasteiger partial charge in [-0.25, -0.2) is 0 Å². The van der Waals surface area contributed by atoms with Crippen LogP contribution in [-0.4, -0.2) is 26.3 Å². The molecule has 0 radical (unpaired) electrons. The van der Waals surface area contributed by atoms with E-state index in [1.807, 2.05) is 6.08 Å². The first-order valence-corrected chi connectivity index (χ1v) is 4.54. The number of ketones is 1. The minimum absolute atomic E-state index is 0.0369. The maximum Gasteiger partial charge on any atom is 0.161 e. The van der Waals surface area contributed by atoms with Crippen LogP contribution in [0.2, 0.25) is 0 Å². The van der Waals surface area contributed by atoms with E-state index in [2.05, 4.69) is 6.08 Å². The zero-order chi connectivity index (χ0) is 9.42. The van der Waals surface area contributed by atoms with E-state index in [1.54, 1.807) is 14.2 Å². The van der Waals surface area contributed by atoms with Crippen molar-refractivity contribution in [1.82, 2.24) is 0 Å². The minimum atomic E-state index is -0.239. The first-order valence-electron chi connectivity index (χ1n) is 4.54. The largest absolute Gasteiger partial charge is 0.356 e. The van der Waals surface area contributed by atoms with E-state index < -0.39 is 0 Å². The van der Waals surface area contributed by atoms with Gasteiger partial charge in [-0.15, -0.1) is 0 Å². The van der Waals surface area contributed by atoms with E-state index in [-0.39, 0.29) is 18.1 Å². The van der Waals surface area contributed by atoms with Crippen LogP contribution in [0.4, 0.5) is 0 Å². The van der Waals surface area contributed by atoms with Crippen LogP contribution in [0.25, 0.3) is 0 Å². The van der Waals surface area contributed by atoms with Crippen molar-refractivity contribution in [2.45, 2.75) is 12.7 Å². The van der Waals surface area contributed by atoms with E-state index in [0.29, 0.717) is 18.1 Å². The van der Waals surface area contributed by atoms with Gasteiger partial charge in [0, 0.05) is 32.5 Å². The second-order valence-electron chi connectivity index (χ2n) is 3.66. The zero-order valence-electron chi connectivity index (χ0n) is 7.90. The zero-order valence-corrected chi connectivity index (χ0v) is 7.90. The van der Waals surface area contributed by atoms with Gasteiger partial charge in [-0.2, -0.15) is 0 Å². The molecule has 0 unspecified atom stereocenters. The molecule has 0 N–H and O–H groups in total. The fourth-order valence-corrected chi connectivity index (χ4v) is 2.46. The van der Waals surface area contributed by atoms with Gasteiger partial charge < -0.3 is 9.47 Å². The fraction of sp³-hybridized carbons (Fsp3) is 0.700. The van der Waals surface area contributed by atoms with Gasteiger partial charge in [-0.05, 0) is 5.92 Å². The molecule has 3 atom stereocenters. The number of rotatable bonds is 3. The van der Waals surface area contributed by atoms with Gasteiger partial charge in [0.05, 0.1) is 0 Å². The molecule has 13 heavy (non-hydrogen) atoms. The van der Waals surface area contributed by atoms with Gasteiger partial charge in [0.25, 0.3) is 0 Å². The third kappa shape index (κ3) is 1.23. The van der Waals surface area contributed by atoms with Crippen molar-refractivity contribution in [3.8, 4) is 0 Å². The Balaban J connectivity index is 2.15. The smallest absolute Gasteiger partial charge is 0.161 e. The first-order chi connectivity index (χ1) is 6.27. The average Bonchev–Trinajstić information content (AvgIpc) is 2.64. The molecular formula is C10H14O3. The molecule has 0 spiro atoms. The first kappa shape index (κ1) is 8.91. The van der Waals surface area contributed by atoms with Crippen LogP contribution >= 0.6 is 0 Å². The highest BCUT2D eigenvalue weighted by atomic mass is 16.7. The van der Waals surface area contributed by atoms with Gasteiger partial charge in [-0.1, -0.05) is 12.2 Å². The quantitative estimate of drug-likeness (QED) is 0.482. The van der Waals surface area contributed by atoms with E-state index in [0.717, 1.165) is 0 Å². The number of hydrogen-bond donors (Lipinski definition) is 0. The van der Waals surface area contributed by atoms with Crippen molar-refractivity contribution >= 4 is 5.78 Å². The molecule has 0 saturated heterocycles. The molecule has 72 valence electrons. The highest BCUT2D eigenvalue weighted by molar-refractivity contribution is 5.87. The Morgan fingerprint density at radius 2 is 2.08 bits per heavy atom. The van der Waals surface area contributed by atoms with Crippen LogP contribution in [-0.2, 0) is 14.3 Å². The van der Waals surface area contributed by atoms with Crippen LogP contribution in [0, 0.1) is 17.8 Å². The lowest BCUT2D eigenvalue weighted by Gasteiger charge is -2.23. The molecule has 0 aromatic heterocycles. The van der Waals surface area contributed by atoms with Gasteiger partial charge in [-0.3, -0.25) is 4.79 Å². The summed E-state index contributed by atoms with van der Waals surface area (Å²) < 4.78 is 10.4. The molecule has 1 fully saturated rings. The number of hydrogen-bond acceptors (Lipinski definition) is 3. The predicted octanol–water partition coefficient (Wildman–Crippen LogP) is 0.997. The maximum atomic E-state index is 11.4. The second-order valence-corrected chi connectivity index (χ2v) is 3.66. The van der Waals surface area contributed by atoms with E-state index in [1.165, 1.54) is 0 Å². The van der Waals surface area contributed by atoms with Gasteiger partial charge in [0.1, 0.15) is 5.78 Å². The summed E-state index contributed by atoms with van der Waals surface area (Å²) in [6, 6.07) is 0. The Kier molecular flexibility index (Phi) is 2.22. The Bertz CT molecular complexity index is 243. The Hall–Kier alpha value is -0.670. The number of Topliss-reactive ketones (excluding diaryl/α,β-unsaturated/α-hetero) is 1. The van der Waals surface area contributed by atoms with E-state index in [4.69, 9.17) is 9.47 Å². The third-order valence-electron chi connectivity index (χ3n) is 3.06. The molecule has 3 heteroatoms. The summed E-state index contributed by atoms with van der Waals surface area (Å²) in [5.74, 6) is 0.913. The van der Waals surface area contributed by atoms with Gasteiger partial charge in [0.15, 0.2) is 6.29 Å². The second kappa shape index (κ2) is 3.24. The predicted molar refractivity (Wildman–Crippen MR) is 47.0 cm³/mol. The van der Waals surface area contributed by atoms with Gasteiger partial charge in [0.2, 0.25) is 0 Å². The van der Waals surface area contributed by atoms with Crippen molar-refractivity contribution in [2.75, 3.05) is 14.2 Å². The third-order valence-corrected chi connectivity index (χ3v) is 3.06. The summed E-state index contributed by atoms with van der Waals surface area (Å²) in [7, 11) is 3.24. The molecule has 2 bridgehead atoms. The summed E-state index contributed by atoms with van der Waals surface area (Å²) in [6.07, 6.45) is 4.53. The molecule has 3 nitrogen and oxygen atoms in total. The number of ether oxygens (including phenoxy) is 2. The van der Waals surface area contributed by atoms with E-state index >= 15 is 0 Å². The van der Waals surface area contributed by atoms with Crippen molar-refractivity contribution in [1.29, 1.82) is 0 Å². The lowest BCUT2D eigenvalue weighted by molar-refractivity contribution is -0.148. The highest BCUT2D eigenvalue weighted by Crippen LogP contribution is 2.44. The minimum Gasteiger partial charge on any atom is -0.356 e. The number of allylic oxidation sites excluding steroid dienone is 2. The van der Waals surface area contributed by atoms with Crippen LogP contribution in [0.15, 0.2) is 12.2 Å². The molecule has 2 rings (SSSR count). The summed E-state index contributed by atoms with van der Waals surface area (Å²) in [5, 5.41) is 0. The number of carbonyl (C=O) groups is 1. The van der Waals surface area contributed by atoms with Crippen molar-refractivity contribution in [3.63, 3.8) is 0 Å². The summed E-state index contributed by atoms with van der Waals surface area (Å²) >= 11 is 0. The fourth-order valence-electron chi connectivity index (χ4n) is 2.46. The molecule has 0 aromatic rings. The number of fused-ring (bicyclic) bond motifs is 2. The van der Waals surface area contributed by atoms with Crippen LogP contribution < -0.4 is 0 Å². The lowest BCUT2D eigenvalue weighted by atomic mass is 9.96. The lowest BCUT2D eigenvalue weighted by Crippen LogP contribution is -2.29. The molecule has 2 aliphatic rings. The normalized spacial score (nSPS) is 36.5. The van der Waals surface area contributed by atoms with Crippen molar-refractivity contribution in [2.24, 2.45) is 17.8 Å². The average molecular weight is 182 g/mol. The summed E-state index contributed by atoms with van der Waals surface area (Å²) in [6.45, 7) is 0. The van der Waals surface area contributed by atoms with Crippen LogP contribution in [0.1, 0.15) is 6.42 Å². The molecule has 0 heterocycles. The highest BCUT2D eigenvalue weighted by Gasteiger charge is 2.48. The maximum absolute atomic E-state index is 11.4. The molecule has 2 aliphatic carbocycles. The molecule has 1 saturated carbocycles. The Morgan fingerprint density at radius 1 is 1.38 bits per heavy atom.